The Morgan fingerprint density at radius 2 is 2.06 bits per heavy atom. The molecule has 33 heavy (non-hydrogen) atoms. The van der Waals surface area contributed by atoms with Crippen LogP contribution in [-0.2, 0) is 17.8 Å². The predicted molar refractivity (Wildman–Crippen MR) is 131 cm³/mol. The first-order chi connectivity index (χ1) is 15.7. The van der Waals surface area contributed by atoms with Gasteiger partial charge in [0, 0.05) is 11.6 Å². The van der Waals surface area contributed by atoms with E-state index in [1.54, 1.807) is 0 Å². The molecule has 1 atom stereocenters. The van der Waals surface area contributed by atoms with Crippen molar-refractivity contribution in [2.45, 2.75) is 58.5 Å². The van der Waals surface area contributed by atoms with Crippen molar-refractivity contribution < 1.29 is 23.9 Å². The first-order valence-electron chi connectivity index (χ1n) is 10.8. The van der Waals surface area contributed by atoms with E-state index in [9.17, 15) is 9.90 Å². The summed E-state index contributed by atoms with van der Waals surface area (Å²) in [5.74, 6) is 2.39. The van der Waals surface area contributed by atoms with E-state index in [4.69, 9.17) is 14.0 Å². The number of hydrogen-bond acceptors (Lipinski definition) is 5. The van der Waals surface area contributed by atoms with Gasteiger partial charge < -0.3 is 19.1 Å². The summed E-state index contributed by atoms with van der Waals surface area (Å²) in [6, 6.07) is 9.64. The number of nitrogens with zero attached hydrogens (tertiary/aromatic N) is 1. The van der Waals surface area contributed by atoms with Crippen molar-refractivity contribution >= 4 is 37.8 Å². The van der Waals surface area contributed by atoms with Gasteiger partial charge in [-0.1, -0.05) is 19.0 Å². The zero-order valence-corrected chi connectivity index (χ0v) is 21.8. The van der Waals surface area contributed by atoms with Crippen LogP contribution in [0.3, 0.4) is 0 Å². The SMILES string of the molecule is Cc1cc(COc2ccc(Oc3c(Br)cc4c(c3Br)CCC4CC(=O)O)cc2C(C)C)no1. The van der Waals surface area contributed by atoms with Crippen LogP contribution in [0.2, 0.25) is 0 Å². The first-order valence-corrected chi connectivity index (χ1v) is 12.4. The number of aryl methyl sites for hydroxylation is 1. The highest BCUT2D eigenvalue weighted by Gasteiger charge is 2.29. The van der Waals surface area contributed by atoms with E-state index in [2.05, 4.69) is 50.9 Å². The van der Waals surface area contributed by atoms with Gasteiger partial charge in [0.25, 0.3) is 0 Å². The Hall–Kier alpha value is -2.32. The molecule has 2 aromatic carbocycles. The van der Waals surface area contributed by atoms with Crippen molar-refractivity contribution in [3.05, 3.63) is 67.4 Å². The van der Waals surface area contributed by atoms with Gasteiger partial charge in [0.2, 0.25) is 0 Å². The number of hydrogen-bond donors (Lipinski definition) is 1. The molecule has 4 rings (SSSR count). The van der Waals surface area contributed by atoms with Gasteiger partial charge in [0.15, 0.2) is 5.75 Å². The molecule has 1 unspecified atom stereocenters. The van der Waals surface area contributed by atoms with Crippen LogP contribution in [0.1, 0.15) is 66.7 Å². The molecular formula is C25H25Br2NO5. The molecule has 0 radical (unpaired) electrons. The quantitative estimate of drug-likeness (QED) is 0.298. The highest BCUT2D eigenvalue weighted by Crippen LogP contribution is 2.48. The smallest absolute Gasteiger partial charge is 0.303 e. The normalized spacial score (nSPS) is 15.0. The fourth-order valence-corrected chi connectivity index (χ4v) is 5.71. The second kappa shape index (κ2) is 9.89. The minimum absolute atomic E-state index is 0.0247. The molecule has 0 amide bonds. The number of benzene rings is 2. The third-order valence-corrected chi connectivity index (χ3v) is 7.22. The van der Waals surface area contributed by atoms with Crippen LogP contribution in [0, 0.1) is 6.92 Å². The Morgan fingerprint density at radius 3 is 2.73 bits per heavy atom. The molecule has 1 aliphatic carbocycles. The topological polar surface area (TPSA) is 81.8 Å². The lowest BCUT2D eigenvalue weighted by molar-refractivity contribution is -0.137. The first kappa shape index (κ1) is 23.8. The minimum atomic E-state index is -0.775. The number of halogens is 2. The Bertz CT molecular complexity index is 1190. The fourth-order valence-electron chi connectivity index (χ4n) is 4.19. The van der Waals surface area contributed by atoms with E-state index in [1.807, 2.05) is 37.3 Å². The van der Waals surface area contributed by atoms with E-state index in [-0.39, 0.29) is 18.3 Å². The Morgan fingerprint density at radius 1 is 1.27 bits per heavy atom. The lowest BCUT2D eigenvalue weighted by Crippen LogP contribution is -2.03. The summed E-state index contributed by atoms with van der Waals surface area (Å²) >= 11 is 7.33. The number of carbonyl (C=O) groups is 1. The molecule has 0 bridgehead atoms. The summed E-state index contributed by atoms with van der Waals surface area (Å²) in [5.41, 5.74) is 3.96. The average Bonchev–Trinajstić information content (AvgIpc) is 3.35. The average molecular weight is 579 g/mol. The van der Waals surface area contributed by atoms with E-state index < -0.39 is 5.97 Å². The predicted octanol–water partition coefficient (Wildman–Crippen LogP) is 7.51. The summed E-state index contributed by atoms with van der Waals surface area (Å²) in [6.07, 6.45) is 1.78. The zero-order chi connectivity index (χ0) is 23.7. The number of fused-ring (bicyclic) bond motifs is 1. The molecular weight excluding hydrogens is 554 g/mol. The number of aliphatic carboxylic acids is 1. The number of ether oxygens (including phenoxy) is 2. The van der Waals surface area contributed by atoms with Gasteiger partial charge in [-0.15, -0.1) is 0 Å². The summed E-state index contributed by atoms with van der Waals surface area (Å²) in [5, 5.41) is 13.2. The van der Waals surface area contributed by atoms with Crippen LogP contribution < -0.4 is 9.47 Å². The van der Waals surface area contributed by atoms with Gasteiger partial charge in [0.05, 0.1) is 15.4 Å². The molecule has 0 saturated carbocycles. The van der Waals surface area contributed by atoms with Gasteiger partial charge in [-0.05, 0) is 98.9 Å². The maximum absolute atomic E-state index is 11.2. The zero-order valence-electron chi connectivity index (χ0n) is 18.7. The van der Waals surface area contributed by atoms with Crippen LogP contribution in [0.25, 0.3) is 0 Å². The van der Waals surface area contributed by atoms with Crippen LogP contribution in [0.4, 0.5) is 0 Å². The molecule has 0 fully saturated rings. The van der Waals surface area contributed by atoms with Gasteiger partial charge >= 0.3 is 5.97 Å². The second-order valence-corrected chi connectivity index (χ2v) is 10.2. The lowest BCUT2D eigenvalue weighted by Gasteiger charge is -2.18. The van der Waals surface area contributed by atoms with Crippen molar-refractivity contribution in [2.24, 2.45) is 0 Å². The number of carboxylic acids is 1. The molecule has 0 spiro atoms. The van der Waals surface area contributed by atoms with Crippen molar-refractivity contribution in [1.29, 1.82) is 0 Å². The molecule has 0 saturated heterocycles. The maximum Gasteiger partial charge on any atom is 0.303 e. The molecule has 3 aromatic rings. The number of carboxylic acid groups (broad SMARTS) is 1. The van der Waals surface area contributed by atoms with Gasteiger partial charge in [-0.3, -0.25) is 4.79 Å². The van der Waals surface area contributed by atoms with Crippen LogP contribution >= 0.6 is 31.9 Å². The van der Waals surface area contributed by atoms with Crippen LogP contribution in [0.15, 0.2) is 43.8 Å². The van der Waals surface area contributed by atoms with Crippen molar-refractivity contribution in [3.8, 4) is 17.2 Å². The lowest BCUT2D eigenvalue weighted by atomic mass is 9.98. The van der Waals surface area contributed by atoms with Crippen LogP contribution in [-0.4, -0.2) is 16.2 Å². The third-order valence-electron chi connectivity index (χ3n) is 5.79. The highest BCUT2D eigenvalue weighted by molar-refractivity contribution is 9.11. The Kier molecular flexibility index (Phi) is 7.14. The van der Waals surface area contributed by atoms with Gasteiger partial charge in [0.1, 0.15) is 29.6 Å². The maximum atomic E-state index is 11.2. The third kappa shape index (κ3) is 5.27. The Balaban J connectivity index is 1.58. The summed E-state index contributed by atoms with van der Waals surface area (Å²) in [6.45, 7) is 6.40. The molecule has 1 N–H and O–H groups in total. The molecule has 0 aliphatic heterocycles. The largest absolute Gasteiger partial charge is 0.487 e. The highest BCUT2D eigenvalue weighted by atomic mass is 79.9. The van der Waals surface area contributed by atoms with Crippen molar-refractivity contribution in [2.75, 3.05) is 0 Å². The van der Waals surface area contributed by atoms with Crippen LogP contribution in [0.5, 0.6) is 17.2 Å². The minimum Gasteiger partial charge on any atom is -0.487 e. The fraction of sp³-hybridized carbons (Fsp3) is 0.360. The molecule has 1 heterocycles. The van der Waals surface area contributed by atoms with E-state index in [0.717, 1.165) is 55.7 Å². The number of rotatable bonds is 8. The molecule has 1 aromatic heterocycles. The van der Waals surface area contributed by atoms with E-state index in [0.29, 0.717) is 18.1 Å². The van der Waals surface area contributed by atoms with Crippen molar-refractivity contribution in [3.63, 3.8) is 0 Å². The summed E-state index contributed by atoms with van der Waals surface area (Å²) < 4.78 is 19.1. The molecule has 6 nitrogen and oxygen atoms in total. The van der Waals surface area contributed by atoms with E-state index >= 15 is 0 Å². The second-order valence-electron chi connectivity index (χ2n) is 8.58. The van der Waals surface area contributed by atoms with Gasteiger partial charge in [-0.2, -0.15) is 0 Å². The summed E-state index contributed by atoms with van der Waals surface area (Å²) in [7, 11) is 0. The molecule has 1 aliphatic rings. The monoisotopic (exact) mass is 577 g/mol. The van der Waals surface area contributed by atoms with Crippen molar-refractivity contribution in [1.82, 2.24) is 5.16 Å². The van der Waals surface area contributed by atoms with Gasteiger partial charge in [-0.25, -0.2) is 0 Å². The summed E-state index contributed by atoms with van der Waals surface area (Å²) in [4.78, 5) is 11.2. The standard InChI is InChI=1S/C25H25Br2NO5/c1-13(2)19-10-17(5-7-22(19)31-12-16-8-14(3)33-28-16)32-25-21(26)11-20-15(9-23(29)30)4-6-18(20)24(25)27/h5,7-8,10-11,13,15H,4,6,9,12H2,1-3H3,(H,29,30). The van der Waals surface area contributed by atoms with E-state index in [1.165, 1.54) is 0 Å². The molecule has 8 heteroatoms. The Labute approximate surface area is 209 Å². The molecule has 174 valence electrons. The number of aromatic nitrogens is 1.